The molecule has 0 spiro atoms. The van der Waals surface area contributed by atoms with Crippen LogP contribution in [0.4, 0.5) is 0 Å². The van der Waals surface area contributed by atoms with Crippen molar-refractivity contribution < 1.29 is 9.47 Å². The van der Waals surface area contributed by atoms with Crippen molar-refractivity contribution in [1.82, 2.24) is 0 Å². The molecular formula is C18H26I2O2. The van der Waals surface area contributed by atoms with Crippen molar-refractivity contribution in [2.24, 2.45) is 0 Å². The molecule has 0 unspecified atom stereocenters. The van der Waals surface area contributed by atoms with Gasteiger partial charge in [-0.15, -0.1) is 0 Å². The van der Waals surface area contributed by atoms with Gasteiger partial charge in [0.1, 0.15) is 11.5 Å². The van der Waals surface area contributed by atoms with Gasteiger partial charge in [-0.3, -0.25) is 0 Å². The van der Waals surface area contributed by atoms with Crippen LogP contribution in [0, 0.1) is 7.14 Å². The van der Waals surface area contributed by atoms with Gasteiger partial charge in [0.2, 0.25) is 0 Å². The summed E-state index contributed by atoms with van der Waals surface area (Å²) in [5.41, 5.74) is 0. The maximum atomic E-state index is 5.95. The van der Waals surface area contributed by atoms with Gasteiger partial charge >= 0.3 is 0 Å². The first-order valence-electron chi connectivity index (χ1n) is 8.52. The lowest BCUT2D eigenvalue weighted by Gasteiger charge is -2.13. The van der Waals surface area contributed by atoms with Crippen molar-refractivity contribution >= 4 is 45.2 Å². The van der Waals surface area contributed by atoms with E-state index in [2.05, 4.69) is 57.3 Å². The van der Waals surface area contributed by atoms with Crippen molar-refractivity contribution in [3.05, 3.63) is 19.3 Å². The Morgan fingerprint density at radius 1 is 0.545 bits per heavy atom. The van der Waals surface area contributed by atoms with Gasteiger partial charge in [-0.05, 0) is 70.2 Å². The van der Waals surface area contributed by atoms with Crippen molar-refractivity contribution in [3.8, 4) is 11.5 Å². The smallest absolute Gasteiger partial charge is 0.133 e. The molecule has 0 atom stereocenters. The minimum Gasteiger partial charge on any atom is -0.492 e. The highest BCUT2D eigenvalue weighted by Crippen LogP contribution is 2.31. The predicted molar refractivity (Wildman–Crippen MR) is 109 cm³/mol. The molecule has 124 valence electrons. The highest BCUT2D eigenvalue weighted by molar-refractivity contribution is 14.1. The molecule has 0 radical (unpaired) electrons. The summed E-state index contributed by atoms with van der Waals surface area (Å²) in [6, 6.07) is 4.22. The van der Waals surface area contributed by atoms with Crippen LogP contribution in [0.2, 0.25) is 0 Å². The van der Waals surface area contributed by atoms with Crippen LogP contribution in [-0.4, -0.2) is 13.2 Å². The largest absolute Gasteiger partial charge is 0.492 e. The molecule has 22 heavy (non-hydrogen) atoms. The Kier molecular flexibility index (Phi) is 9.26. The standard InChI is InChI=1S/C18H26I2O2/c19-15-14-18-16(20)13-17(15)21-11-9-7-5-3-1-2-4-6-8-10-12-22-18/h13-14H,1-12H2. The normalized spacial score (nSPS) is 18.8. The second-order valence-electron chi connectivity index (χ2n) is 5.95. The molecule has 0 aromatic heterocycles. The summed E-state index contributed by atoms with van der Waals surface area (Å²) in [6.07, 6.45) is 13.2. The summed E-state index contributed by atoms with van der Waals surface area (Å²) in [7, 11) is 0. The molecule has 0 amide bonds. The summed E-state index contributed by atoms with van der Waals surface area (Å²) >= 11 is 4.69. The van der Waals surface area contributed by atoms with Crippen molar-refractivity contribution in [3.63, 3.8) is 0 Å². The average molecular weight is 528 g/mol. The van der Waals surface area contributed by atoms with Crippen LogP contribution in [0.1, 0.15) is 64.2 Å². The van der Waals surface area contributed by atoms with E-state index in [-0.39, 0.29) is 0 Å². The summed E-state index contributed by atoms with van der Waals surface area (Å²) < 4.78 is 14.2. The van der Waals surface area contributed by atoms with Gasteiger partial charge < -0.3 is 9.47 Å². The molecule has 1 aromatic carbocycles. The highest BCUT2D eigenvalue weighted by Gasteiger charge is 2.09. The van der Waals surface area contributed by atoms with Crippen LogP contribution in [0.25, 0.3) is 0 Å². The van der Waals surface area contributed by atoms with E-state index in [0.29, 0.717) is 0 Å². The molecule has 1 aromatic rings. The van der Waals surface area contributed by atoms with Crippen molar-refractivity contribution in [1.29, 1.82) is 0 Å². The Bertz CT molecular complexity index is 407. The molecule has 2 aliphatic heterocycles. The molecule has 4 heteroatoms. The fraction of sp³-hybridized carbons (Fsp3) is 0.667. The third-order valence-electron chi connectivity index (χ3n) is 4.04. The molecule has 0 N–H and O–H groups in total. The van der Waals surface area contributed by atoms with Crippen molar-refractivity contribution in [2.75, 3.05) is 13.2 Å². The highest BCUT2D eigenvalue weighted by atomic mass is 127. The van der Waals surface area contributed by atoms with E-state index >= 15 is 0 Å². The average Bonchev–Trinajstić information content (AvgIpc) is 2.50. The van der Waals surface area contributed by atoms with E-state index in [1.165, 1.54) is 51.4 Å². The third kappa shape index (κ3) is 6.81. The molecule has 0 saturated carbocycles. The predicted octanol–water partition coefficient (Wildman–Crippen LogP) is 6.57. The fourth-order valence-corrected chi connectivity index (χ4v) is 3.90. The lowest BCUT2D eigenvalue weighted by atomic mass is 10.1. The Hall–Kier alpha value is 0.280. The minimum absolute atomic E-state index is 0.826. The SMILES string of the molecule is Ic1cc2c(I)cc1OCCCCCCCCCCCCO2. The number of hydrogen-bond acceptors (Lipinski definition) is 2. The van der Waals surface area contributed by atoms with E-state index in [4.69, 9.17) is 9.47 Å². The molecule has 2 heterocycles. The van der Waals surface area contributed by atoms with E-state index in [1.54, 1.807) is 0 Å². The number of fused-ring (bicyclic) bond motifs is 15. The molecule has 2 nitrogen and oxygen atoms in total. The Morgan fingerprint density at radius 3 is 1.23 bits per heavy atom. The minimum atomic E-state index is 0.826. The second-order valence-corrected chi connectivity index (χ2v) is 8.27. The topological polar surface area (TPSA) is 18.5 Å². The first kappa shape index (κ1) is 18.6. The number of rotatable bonds is 0. The van der Waals surface area contributed by atoms with Gasteiger partial charge in [0.15, 0.2) is 0 Å². The van der Waals surface area contributed by atoms with Gasteiger partial charge in [0.05, 0.1) is 20.4 Å². The maximum absolute atomic E-state index is 5.95. The first-order chi connectivity index (χ1) is 10.8. The van der Waals surface area contributed by atoms with Gasteiger partial charge in [0.25, 0.3) is 0 Å². The molecule has 2 aliphatic rings. The monoisotopic (exact) mass is 528 g/mol. The molecule has 3 rings (SSSR count). The third-order valence-corrected chi connectivity index (χ3v) is 5.73. The summed E-state index contributed by atoms with van der Waals surface area (Å²) in [5.74, 6) is 2.00. The lowest BCUT2D eigenvalue weighted by molar-refractivity contribution is 0.291. The van der Waals surface area contributed by atoms with Crippen LogP contribution >= 0.6 is 45.2 Å². The van der Waals surface area contributed by atoms with Gasteiger partial charge in [-0.25, -0.2) is 0 Å². The quantitative estimate of drug-likeness (QED) is 0.355. The van der Waals surface area contributed by atoms with Crippen LogP contribution in [0.3, 0.4) is 0 Å². The van der Waals surface area contributed by atoms with Crippen LogP contribution in [-0.2, 0) is 0 Å². The Labute approximate surface area is 162 Å². The molecular weight excluding hydrogens is 502 g/mol. The van der Waals surface area contributed by atoms with Gasteiger partial charge in [0, 0.05) is 0 Å². The maximum Gasteiger partial charge on any atom is 0.133 e. The zero-order valence-electron chi connectivity index (χ0n) is 13.2. The number of halogens is 2. The lowest BCUT2D eigenvalue weighted by Crippen LogP contribution is -2.03. The summed E-state index contributed by atoms with van der Waals surface area (Å²) in [4.78, 5) is 0. The number of hydrogen-bond donors (Lipinski definition) is 0. The molecule has 0 saturated heterocycles. The van der Waals surface area contributed by atoms with Crippen LogP contribution < -0.4 is 9.47 Å². The van der Waals surface area contributed by atoms with E-state index in [0.717, 1.165) is 44.7 Å². The van der Waals surface area contributed by atoms with Crippen molar-refractivity contribution in [2.45, 2.75) is 64.2 Å². The number of benzene rings is 1. The van der Waals surface area contributed by atoms with Crippen LogP contribution in [0.15, 0.2) is 12.1 Å². The van der Waals surface area contributed by atoms with Gasteiger partial charge in [-0.1, -0.05) is 51.4 Å². The van der Waals surface area contributed by atoms with E-state index < -0.39 is 0 Å². The number of ether oxygens (including phenoxy) is 2. The van der Waals surface area contributed by atoms with Crippen LogP contribution in [0.5, 0.6) is 11.5 Å². The first-order valence-corrected chi connectivity index (χ1v) is 10.7. The molecule has 2 bridgehead atoms. The fourth-order valence-electron chi connectivity index (χ4n) is 2.71. The van der Waals surface area contributed by atoms with Gasteiger partial charge in [-0.2, -0.15) is 0 Å². The molecule has 0 aliphatic carbocycles. The Morgan fingerprint density at radius 2 is 0.864 bits per heavy atom. The van der Waals surface area contributed by atoms with E-state index in [1.807, 2.05) is 0 Å². The summed E-state index contributed by atoms with van der Waals surface area (Å²) in [5, 5.41) is 0. The second kappa shape index (κ2) is 10.9. The molecule has 0 fully saturated rings. The summed E-state index contributed by atoms with van der Waals surface area (Å²) in [6.45, 7) is 1.65. The Balaban J connectivity index is 1.94. The zero-order valence-corrected chi connectivity index (χ0v) is 17.5. The zero-order chi connectivity index (χ0) is 15.6. The van der Waals surface area contributed by atoms with E-state index in [9.17, 15) is 0 Å².